The summed E-state index contributed by atoms with van der Waals surface area (Å²) in [6, 6.07) is 7.34. The maximum atomic E-state index is 12.5. The molecule has 27 heavy (non-hydrogen) atoms. The lowest BCUT2D eigenvalue weighted by molar-refractivity contribution is -0.142. The van der Waals surface area contributed by atoms with Crippen LogP contribution in [0, 0.1) is 0 Å². The minimum Gasteiger partial charge on any atom is -0.480 e. The molecule has 2 unspecified atom stereocenters. The van der Waals surface area contributed by atoms with E-state index in [1.54, 1.807) is 6.20 Å². The van der Waals surface area contributed by atoms with Crippen LogP contribution in [0.2, 0.25) is 0 Å². The number of carbonyl (C=O) groups is 2. The SMILES string of the molecule is O=C(Cc1csc2nccn12)NC(CC1CCCc2ccccc21)C(=O)O. The van der Waals surface area contributed by atoms with Gasteiger partial charge in [-0.15, -0.1) is 11.3 Å². The van der Waals surface area contributed by atoms with Gasteiger partial charge in [0.15, 0.2) is 4.96 Å². The molecule has 1 amide bonds. The Morgan fingerprint density at radius 1 is 1.37 bits per heavy atom. The van der Waals surface area contributed by atoms with Crippen molar-refractivity contribution in [1.29, 1.82) is 0 Å². The molecule has 0 fully saturated rings. The first-order chi connectivity index (χ1) is 13.1. The second-order valence-electron chi connectivity index (χ2n) is 6.97. The highest BCUT2D eigenvalue weighted by atomic mass is 32.1. The van der Waals surface area contributed by atoms with Crippen molar-refractivity contribution >= 4 is 28.2 Å². The molecule has 6 nitrogen and oxygen atoms in total. The number of rotatable bonds is 6. The lowest BCUT2D eigenvalue weighted by Crippen LogP contribution is -2.42. The molecule has 0 bridgehead atoms. The van der Waals surface area contributed by atoms with E-state index in [0.717, 1.165) is 29.9 Å². The Labute approximate surface area is 160 Å². The fraction of sp³-hybridized carbons (Fsp3) is 0.350. The first-order valence-corrected chi connectivity index (χ1v) is 9.99. The Balaban J connectivity index is 1.45. The predicted octanol–water partition coefficient (Wildman–Crippen LogP) is 3.02. The van der Waals surface area contributed by atoms with Gasteiger partial charge in [0.1, 0.15) is 6.04 Å². The van der Waals surface area contributed by atoms with Crippen molar-refractivity contribution in [3.05, 3.63) is 58.9 Å². The third-order valence-corrected chi connectivity index (χ3v) is 6.11. The van der Waals surface area contributed by atoms with E-state index in [2.05, 4.69) is 22.4 Å². The summed E-state index contributed by atoms with van der Waals surface area (Å²) in [5, 5.41) is 14.2. The molecular formula is C20H21N3O3S. The van der Waals surface area contributed by atoms with E-state index in [0.29, 0.717) is 6.42 Å². The second-order valence-corrected chi connectivity index (χ2v) is 7.80. The van der Waals surface area contributed by atoms with Crippen molar-refractivity contribution in [3.63, 3.8) is 0 Å². The number of aliphatic carboxylic acids is 1. The van der Waals surface area contributed by atoms with E-state index < -0.39 is 12.0 Å². The lowest BCUT2D eigenvalue weighted by Gasteiger charge is -2.28. The van der Waals surface area contributed by atoms with E-state index >= 15 is 0 Å². The van der Waals surface area contributed by atoms with E-state index in [9.17, 15) is 14.7 Å². The number of hydrogen-bond donors (Lipinski definition) is 2. The highest BCUT2D eigenvalue weighted by Crippen LogP contribution is 2.34. The summed E-state index contributed by atoms with van der Waals surface area (Å²) in [4.78, 5) is 29.3. The predicted molar refractivity (Wildman–Crippen MR) is 103 cm³/mol. The number of amides is 1. The van der Waals surface area contributed by atoms with Crippen LogP contribution >= 0.6 is 11.3 Å². The third-order valence-electron chi connectivity index (χ3n) is 5.21. The molecule has 1 aliphatic rings. The monoisotopic (exact) mass is 383 g/mol. The molecule has 0 saturated heterocycles. The standard InChI is InChI=1S/C20H21N3O3S/c24-18(11-15-12-27-20-21-8-9-23(15)20)22-17(19(25)26)10-14-6-3-5-13-4-1-2-7-16(13)14/h1-2,4,7-9,12,14,17H,3,5-6,10-11H2,(H,22,24)(H,25,26). The van der Waals surface area contributed by atoms with E-state index in [-0.39, 0.29) is 18.2 Å². The number of carboxylic acids is 1. The number of nitrogens with zero attached hydrogens (tertiary/aromatic N) is 2. The number of carbonyl (C=O) groups excluding carboxylic acids is 1. The summed E-state index contributed by atoms with van der Waals surface area (Å²) < 4.78 is 1.86. The van der Waals surface area contributed by atoms with Crippen molar-refractivity contribution in [1.82, 2.24) is 14.7 Å². The molecule has 2 heterocycles. The Hall–Kier alpha value is -2.67. The molecule has 7 heteroatoms. The van der Waals surface area contributed by atoms with Gasteiger partial charge in [0.2, 0.25) is 5.91 Å². The first kappa shape index (κ1) is 17.7. The number of nitrogens with one attached hydrogen (secondary N) is 1. The molecular weight excluding hydrogens is 362 g/mol. The van der Waals surface area contributed by atoms with E-state index in [1.807, 2.05) is 28.1 Å². The molecule has 0 saturated carbocycles. The van der Waals surface area contributed by atoms with Crippen molar-refractivity contribution in [2.24, 2.45) is 0 Å². The van der Waals surface area contributed by atoms with Gasteiger partial charge in [-0.3, -0.25) is 9.20 Å². The van der Waals surface area contributed by atoms with Gasteiger partial charge in [-0.25, -0.2) is 9.78 Å². The van der Waals surface area contributed by atoms with Gasteiger partial charge in [0.05, 0.1) is 6.42 Å². The average Bonchev–Trinajstić information content (AvgIpc) is 3.26. The summed E-state index contributed by atoms with van der Waals surface area (Å²) in [6.45, 7) is 0. The van der Waals surface area contributed by atoms with Crippen LogP contribution in [0.1, 0.15) is 42.0 Å². The third kappa shape index (κ3) is 3.73. The smallest absolute Gasteiger partial charge is 0.326 e. The molecule has 2 N–H and O–H groups in total. The summed E-state index contributed by atoms with van der Waals surface area (Å²) in [5.41, 5.74) is 3.34. The molecule has 1 aromatic carbocycles. The van der Waals surface area contributed by atoms with Crippen molar-refractivity contribution in [2.45, 2.75) is 44.1 Å². The molecule has 2 atom stereocenters. The summed E-state index contributed by atoms with van der Waals surface area (Å²) in [6.07, 6.45) is 7.10. The van der Waals surface area contributed by atoms with Crippen LogP contribution in [0.3, 0.4) is 0 Å². The fourth-order valence-electron chi connectivity index (χ4n) is 3.92. The molecule has 0 radical (unpaired) electrons. The fourth-order valence-corrected chi connectivity index (χ4v) is 4.77. The molecule has 140 valence electrons. The second kappa shape index (κ2) is 7.52. The molecule has 0 aliphatic heterocycles. The van der Waals surface area contributed by atoms with Crippen LogP contribution in [0.25, 0.3) is 4.96 Å². The van der Waals surface area contributed by atoms with Crippen molar-refractivity contribution < 1.29 is 14.7 Å². The molecule has 3 aromatic rings. The number of aromatic nitrogens is 2. The number of carboxylic acid groups (broad SMARTS) is 1. The molecule has 1 aliphatic carbocycles. The van der Waals surface area contributed by atoms with Crippen LogP contribution in [-0.4, -0.2) is 32.4 Å². The van der Waals surface area contributed by atoms with Gasteiger partial charge in [0.25, 0.3) is 0 Å². The number of aryl methyl sites for hydroxylation is 1. The highest BCUT2D eigenvalue weighted by molar-refractivity contribution is 7.15. The van der Waals surface area contributed by atoms with Crippen molar-refractivity contribution in [3.8, 4) is 0 Å². The maximum Gasteiger partial charge on any atom is 0.326 e. The van der Waals surface area contributed by atoms with E-state index in [4.69, 9.17) is 0 Å². The van der Waals surface area contributed by atoms with Gasteiger partial charge in [-0.05, 0) is 42.7 Å². The topological polar surface area (TPSA) is 83.7 Å². The normalized spacial score (nSPS) is 17.4. The Kier molecular flexibility index (Phi) is 4.94. The average molecular weight is 383 g/mol. The summed E-state index contributed by atoms with van der Waals surface area (Å²) >= 11 is 1.46. The number of benzene rings is 1. The van der Waals surface area contributed by atoms with Gasteiger partial charge in [-0.1, -0.05) is 24.3 Å². The van der Waals surface area contributed by atoms with Crippen molar-refractivity contribution in [2.75, 3.05) is 0 Å². The maximum absolute atomic E-state index is 12.5. The molecule has 2 aromatic heterocycles. The van der Waals surface area contributed by atoms with Gasteiger partial charge < -0.3 is 10.4 Å². The minimum atomic E-state index is -0.982. The Morgan fingerprint density at radius 2 is 2.22 bits per heavy atom. The van der Waals surface area contributed by atoms with Crippen LogP contribution in [0.5, 0.6) is 0 Å². The van der Waals surface area contributed by atoms with Crippen LogP contribution in [0.15, 0.2) is 42.0 Å². The minimum absolute atomic E-state index is 0.140. The Bertz CT molecular complexity index is 978. The lowest BCUT2D eigenvalue weighted by atomic mass is 9.79. The molecule has 0 spiro atoms. The number of imidazole rings is 1. The first-order valence-electron chi connectivity index (χ1n) is 9.11. The molecule has 4 rings (SSSR count). The zero-order valence-electron chi connectivity index (χ0n) is 14.8. The zero-order chi connectivity index (χ0) is 18.8. The van der Waals surface area contributed by atoms with Crippen LogP contribution in [0.4, 0.5) is 0 Å². The largest absolute Gasteiger partial charge is 0.480 e. The van der Waals surface area contributed by atoms with Crippen LogP contribution in [-0.2, 0) is 22.4 Å². The van der Waals surface area contributed by atoms with Gasteiger partial charge in [0, 0.05) is 23.5 Å². The quantitative estimate of drug-likeness (QED) is 0.685. The zero-order valence-corrected chi connectivity index (χ0v) is 15.6. The number of fused-ring (bicyclic) bond motifs is 2. The summed E-state index contributed by atoms with van der Waals surface area (Å²) in [5.74, 6) is -1.10. The highest BCUT2D eigenvalue weighted by Gasteiger charge is 2.28. The Morgan fingerprint density at radius 3 is 3.07 bits per heavy atom. The number of hydrogen-bond acceptors (Lipinski definition) is 4. The van der Waals surface area contributed by atoms with Crippen LogP contribution < -0.4 is 5.32 Å². The van der Waals surface area contributed by atoms with Gasteiger partial charge in [-0.2, -0.15) is 0 Å². The summed E-state index contributed by atoms with van der Waals surface area (Å²) in [7, 11) is 0. The number of thiazole rings is 1. The van der Waals surface area contributed by atoms with Gasteiger partial charge >= 0.3 is 5.97 Å². The van der Waals surface area contributed by atoms with E-state index in [1.165, 1.54) is 22.5 Å².